The fraction of sp³-hybridized carbons (Fsp3) is 0.375. The summed E-state index contributed by atoms with van der Waals surface area (Å²) in [6.45, 7) is 8.03. The van der Waals surface area contributed by atoms with E-state index in [9.17, 15) is 18.4 Å². The summed E-state index contributed by atoms with van der Waals surface area (Å²) in [4.78, 5) is 26.9. The molecular weight excluding hydrogens is 304 g/mol. The van der Waals surface area contributed by atoms with Gasteiger partial charge in [0.25, 0.3) is 0 Å². The molecule has 1 fully saturated rings. The Morgan fingerprint density at radius 2 is 2.09 bits per heavy atom. The number of carbonyl (C=O) groups is 2. The van der Waals surface area contributed by atoms with Crippen molar-refractivity contribution in [1.82, 2.24) is 15.1 Å². The molecule has 0 radical (unpaired) electrons. The number of nitrogens with zero attached hydrogens (tertiary/aromatic N) is 2. The Morgan fingerprint density at radius 1 is 1.39 bits per heavy atom. The van der Waals surface area contributed by atoms with Gasteiger partial charge in [0.2, 0.25) is 5.91 Å². The molecule has 3 amide bonds. The maximum atomic E-state index is 13.4. The quantitative estimate of drug-likeness (QED) is 0.865. The average molecular weight is 323 g/mol. The predicted octanol–water partition coefficient (Wildman–Crippen LogP) is 2.41. The number of likely N-dealkylation sites (N-methyl/N-ethyl adjacent to an activating group) is 1. The largest absolute Gasteiger partial charge is 0.327 e. The van der Waals surface area contributed by atoms with Crippen LogP contribution in [0.3, 0.4) is 0 Å². The van der Waals surface area contributed by atoms with Crippen molar-refractivity contribution in [3.8, 4) is 0 Å². The van der Waals surface area contributed by atoms with Gasteiger partial charge in [-0.2, -0.15) is 0 Å². The zero-order chi connectivity index (χ0) is 17.1. The lowest BCUT2D eigenvalue weighted by Gasteiger charge is -2.24. The normalized spacial score (nSPS) is 15.7. The lowest BCUT2D eigenvalue weighted by Crippen LogP contribution is -2.41. The fourth-order valence-electron chi connectivity index (χ4n) is 2.41. The lowest BCUT2D eigenvalue weighted by molar-refractivity contribution is -0.126. The van der Waals surface area contributed by atoms with E-state index in [0.717, 1.165) is 12.1 Å². The first-order valence-corrected chi connectivity index (χ1v) is 7.27. The highest BCUT2D eigenvalue weighted by molar-refractivity contribution is 5.87. The minimum Gasteiger partial charge on any atom is -0.327 e. The van der Waals surface area contributed by atoms with Crippen molar-refractivity contribution in [2.45, 2.75) is 19.9 Å². The summed E-state index contributed by atoms with van der Waals surface area (Å²) in [6.07, 6.45) is 0. The number of carbonyl (C=O) groups excluding carboxylic acids is 2. The molecule has 1 heterocycles. The third-order valence-electron chi connectivity index (χ3n) is 3.73. The monoisotopic (exact) mass is 323 g/mol. The van der Waals surface area contributed by atoms with Crippen LogP contribution in [0.25, 0.3) is 0 Å². The molecule has 0 bridgehead atoms. The van der Waals surface area contributed by atoms with Crippen LogP contribution in [0, 0.1) is 11.6 Å². The first kappa shape index (κ1) is 16.9. The Hall–Kier alpha value is -2.44. The van der Waals surface area contributed by atoms with Gasteiger partial charge in [-0.3, -0.25) is 9.69 Å². The van der Waals surface area contributed by atoms with E-state index in [2.05, 4.69) is 11.9 Å². The van der Waals surface area contributed by atoms with Crippen LogP contribution in [0.1, 0.15) is 25.5 Å². The SMILES string of the molecule is C=C(C)C(NC(=O)N1CC(=O)N(CC)C1)c1ccc(F)c(F)c1. The second-order valence-electron chi connectivity index (χ2n) is 5.49. The van der Waals surface area contributed by atoms with Crippen LogP contribution in [-0.2, 0) is 4.79 Å². The number of benzene rings is 1. The molecule has 1 atom stereocenters. The summed E-state index contributed by atoms with van der Waals surface area (Å²) in [5, 5.41) is 2.71. The maximum absolute atomic E-state index is 13.4. The minimum atomic E-state index is -0.989. The van der Waals surface area contributed by atoms with Gasteiger partial charge in [-0.15, -0.1) is 0 Å². The molecule has 0 aromatic heterocycles. The van der Waals surface area contributed by atoms with Gasteiger partial charge in [-0.05, 0) is 31.5 Å². The summed E-state index contributed by atoms with van der Waals surface area (Å²) in [6, 6.07) is 2.31. The molecule has 7 heteroatoms. The van der Waals surface area contributed by atoms with Crippen LogP contribution in [0.15, 0.2) is 30.4 Å². The van der Waals surface area contributed by atoms with Crippen molar-refractivity contribution < 1.29 is 18.4 Å². The summed E-state index contributed by atoms with van der Waals surface area (Å²) in [5.41, 5.74) is 0.963. The molecule has 1 aliphatic rings. The zero-order valence-electron chi connectivity index (χ0n) is 13.1. The van der Waals surface area contributed by atoms with E-state index in [0.29, 0.717) is 17.7 Å². The number of hydrogen-bond acceptors (Lipinski definition) is 2. The number of hydrogen-bond donors (Lipinski definition) is 1. The molecule has 1 saturated heterocycles. The molecule has 1 aliphatic heterocycles. The summed E-state index contributed by atoms with van der Waals surface area (Å²) < 4.78 is 26.5. The third kappa shape index (κ3) is 3.67. The summed E-state index contributed by atoms with van der Waals surface area (Å²) in [7, 11) is 0. The molecule has 2 rings (SSSR count). The van der Waals surface area contributed by atoms with E-state index in [4.69, 9.17) is 0 Å². The number of urea groups is 1. The van der Waals surface area contributed by atoms with Crippen molar-refractivity contribution in [2.24, 2.45) is 0 Å². The molecule has 0 aliphatic carbocycles. The minimum absolute atomic E-state index is 0.000360. The van der Waals surface area contributed by atoms with Crippen LogP contribution in [0.4, 0.5) is 13.6 Å². The lowest BCUT2D eigenvalue weighted by atomic mass is 10.0. The molecule has 23 heavy (non-hydrogen) atoms. The molecule has 124 valence electrons. The van der Waals surface area contributed by atoms with Gasteiger partial charge >= 0.3 is 6.03 Å². The van der Waals surface area contributed by atoms with Crippen molar-refractivity contribution in [3.05, 3.63) is 47.5 Å². The number of rotatable bonds is 4. The van der Waals surface area contributed by atoms with Crippen LogP contribution >= 0.6 is 0 Å². The Balaban J connectivity index is 2.14. The van der Waals surface area contributed by atoms with Gasteiger partial charge in [-0.25, -0.2) is 13.6 Å². The van der Waals surface area contributed by atoms with Crippen molar-refractivity contribution in [3.63, 3.8) is 0 Å². The zero-order valence-corrected chi connectivity index (χ0v) is 13.1. The van der Waals surface area contributed by atoms with E-state index in [-0.39, 0.29) is 19.1 Å². The first-order chi connectivity index (χ1) is 10.8. The second-order valence-corrected chi connectivity index (χ2v) is 5.49. The maximum Gasteiger partial charge on any atom is 0.320 e. The Labute approximate surface area is 133 Å². The van der Waals surface area contributed by atoms with Gasteiger partial charge < -0.3 is 10.2 Å². The van der Waals surface area contributed by atoms with Crippen molar-refractivity contribution >= 4 is 11.9 Å². The van der Waals surface area contributed by atoms with Crippen LogP contribution in [0.5, 0.6) is 0 Å². The summed E-state index contributed by atoms with van der Waals surface area (Å²) >= 11 is 0. The van der Waals surface area contributed by atoms with Gasteiger partial charge in [-0.1, -0.05) is 18.2 Å². The fourth-order valence-corrected chi connectivity index (χ4v) is 2.41. The van der Waals surface area contributed by atoms with E-state index in [1.807, 2.05) is 6.92 Å². The highest BCUT2D eigenvalue weighted by atomic mass is 19.2. The molecular formula is C16H19F2N3O2. The molecule has 1 aromatic carbocycles. The van der Waals surface area contributed by atoms with Crippen molar-refractivity contribution in [1.29, 1.82) is 0 Å². The van der Waals surface area contributed by atoms with Gasteiger partial charge in [0.15, 0.2) is 11.6 Å². The van der Waals surface area contributed by atoms with Crippen LogP contribution in [-0.4, -0.2) is 41.5 Å². The highest BCUT2D eigenvalue weighted by Gasteiger charge is 2.31. The van der Waals surface area contributed by atoms with E-state index >= 15 is 0 Å². The summed E-state index contributed by atoms with van der Waals surface area (Å²) in [5.74, 6) is -2.07. The van der Waals surface area contributed by atoms with E-state index in [1.54, 1.807) is 11.8 Å². The highest BCUT2D eigenvalue weighted by Crippen LogP contribution is 2.22. The smallest absolute Gasteiger partial charge is 0.320 e. The Kier molecular flexibility index (Phi) is 4.98. The molecule has 5 nitrogen and oxygen atoms in total. The molecule has 1 N–H and O–H groups in total. The van der Waals surface area contributed by atoms with Gasteiger partial charge in [0.05, 0.1) is 12.7 Å². The van der Waals surface area contributed by atoms with Crippen molar-refractivity contribution in [2.75, 3.05) is 19.8 Å². The van der Waals surface area contributed by atoms with Gasteiger partial charge in [0.1, 0.15) is 6.54 Å². The Morgan fingerprint density at radius 3 is 2.61 bits per heavy atom. The number of nitrogens with one attached hydrogen (secondary N) is 1. The predicted molar refractivity (Wildman–Crippen MR) is 81.4 cm³/mol. The first-order valence-electron chi connectivity index (χ1n) is 7.27. The standard InChI is InChI=1S/C16H19F2N3O2/c1-4-20-9-21(8-14(20)22)16(23)19-15(10(2)3)11-5-6-12(17)13(18)7-11/h5-7,15H,2,4,8-9H2,1,3H3,(H,19,23). The van der Waals surface area contributed by atoms with Crippen LogP contribution in [0.2, 0.25) is 0 Å². The average Bonchev–Trinajstić information content (AvgIpc) is 2.88. The van der Waals surface area contributed by atoms with E-state index < -0.39 is 23.7 Å². The van der Waals surface area contributed by atoms with Crippen LogP contribution < -0.4 is 5.32 Å². The Bertz CT molecular complexity index is 648. The third-order valence-corrected chi connectivity index (χ3v) is 3.73. The number of halogens is 2. The number of amides is 3. The molecule has 1 unspecified atom stereocenters. The second kappa shape index (κ2) is 6.76. The van der Waals surface area contributed by atoms with Gasteiger partial charge in [0, 0.05) is 6.54 Å². The topological polar surface area (TPSA) is 52.7 Å². The van der Waals surface area contributed by atoms with E-state index in [1.165, 1.54) is 11.0 Å². The molecule has 1 aromatic rings. The molecule has 0 spiro atoms. The molecule has 0 saturated carbocycles.